The molecule has 0 aliphatic carbocycles. The average molecular weight is 286 g/mol. The number of aryl methyl sites for hydroxylation is 1. The zero-order valence-electron chi connectivity index (χ0n) is 9.29. The van der Waals surface area contributed by atoms with Crippen LogP contribution in [0.5, 0.6) is 0 Å². The molecule has 4 nitrogen and oxygen atoms in total. The van der Waals surface area contributed by atoms with Gasteiger partial charge in [-0.25, -0.2) is 0 Å². The molecule has 1 unspecified atom stereocenters. The van der Waals surface area contributed by atoms with Crippen LogP contribution in [0.3, 0.4) is 0 Å². The van der Waals surface area contributed by atoms with Gasteiger partial charge in [0.2, 0.25) is 0 Å². The van der Waals surface area contributed by atoms with Gasteiger partial charge in [0.1, 0.15) is 5.69 Å². The summed E-state index contributed by atoms with van der Waals surface area (Å²) < 4.78 is 2.89. The van der Waals surface area contributed by atoms with E-state index in [-0.39, 0.29) is 11.9 Å². The standard InChI is InChI=1S/C11H16BrN3O/c1-2-15-7-8(12)5-10(15)11(16)14-9-3-4-13-6-9/h5,7,9,13H,2-4,6H2,1H3,(H,14,16). The van der Waals surface area contributed by atoms with Gasteiger partial charge in [-0.05, 0) is 41.9 Å². The smallest absolute Gasteiger partial charge is 0.268 e. The summed E-state index contributed by atoms with van der Waals surface area (Å²) in [5.41, 5.74) is 0.723. The van der Waals surface area contributed by atoms with Gasteiger partial charge in [0, 0.05) is 29.8 Å². The van der Waals surface area contributed by atoms with Gasteiger partial charge >= 0.3 is 0 Å². The third-order valence-corrected chi connectivity index (χ3v) is 3.27. The molecule has 1 aliphatic rings. The maximum absolute atomic E-state index is 12.0. The minimum atomic E-state index is 0.0150. The minimum Gasteiger partial charge on any atom is -0.347 e. The number of hydrogen-bond acceptors (Lipinski definition) is 2. The summed E-state index contributed by atoms with van der Waals surface area (Å²) in [4.78, 5) is 12.0. The van der Waals surface area contributed by atoms with Crippen LogP contribution in [0.15, 0.2) is 16.7 Å². The number of nitrogens with zero attached hydrogens (tertiary/aromatic N) is 1. The van der Waals surface area contributed by atoms with Crippen molar-refractivity contribution in [2.24, 2.45) is 0 Å². The summed E-state index contributed by atoms with van der Waals surface area (Å²) >= 11 is 3.39. The van der Waals surface area contributed by atoms with Crippen LogP contribution in [0.2, 0.25) is 0 Å². The molecule has 5 heteroatoms. The lowest BCUT2D eigenvalue weighted by atomic mass is 10.2. The van der Waals surface area contributed by atoms with Gasteiger partial charge in [-0.3, -0.25) is 4.79 Å². The molecule has 1 fully saturated rings. The van der Waals surface area contributed by atoms with Gasteiger partial charge in [0.25, 0.3) is 5.91 Å². The molecule has 1 aromatic heterocycles. The Morgan fingerprint density at radius 1 is 1.75 bits per heavy atom. The van der Waals surface area contributed by atoms with Gasteiger partial charge in [-0.2, -0.15) is 0 Å². The van der Waals surface area contributed by atoms with Gasteiger partial charge in [0.15, 0.2) is 0 Å². The number of carbonyl (C=O) groups is 1. The Morgan fingerprint density at radius 3 is 3.19 bits per heavy atom. The molecule has 0 aromatic carbocycles. The van der Waals surface area contributed by atoms with E-state index < -0.39 is 0 Å². The molecule has 0 radical (unpaired) electrons. The Balaban J connectivity index is 2.07. The fraction of sp³-hybridized carbons (Fsp3) is 0.545. The Morgan fingerprint density at radius 2 is 2.56 bits per heavy atom. The number of rotatable bonds is 3. The second kappa shape index (κ2) is 5.01. The van der Waals surface area contributed by atoms with Crippen molar-refractivity contribution in [3.05, 3.63) is 22.4 Å². The number of amides is 1. The van der Waals surface area contributed by atoms with E-state index >= 15 is 0 Å². The maximum atomic E-state index is 12.0. The fourth-order valence-corrected chi connectivity index (χ4v) is 2.43. The van der Waals surface area contributed by atoms with Crippen LogP contribution in [0.4, 0.5) is 0 Å². The third-order valence-electron chi connectivity index (χ3n) is 2.83. The number of carbonyl (C=O) groups excluding carboxylic acids is 1. The Hall–Kier alpha value is -0.810. The zero-order chi connectivity index (χ0) is 11.5. The monoisotopic (exact) mass is 285 g/mol. The van der Waals surface area contributed by atoms with Crippen molar-refractivity contribution in [3.8, 4) is 0 Å². The third kappa shape index (κ3) is 2.47. The molecule has 2 rings (SSSR count). The molecule has 16 heavy (non-hydrogen) atoms. The van der Waals surface area contributed by atoms with E-state index in [1.54, 1.807) is 0 Å². The topological polar surface area (TPSA) is 46.1 Å². The molecule has 88 valence electrons. The van der Waals surface area contributed by atoms with E-state index in [2.05, 4.69) is 26.6 Å². The summed E-state index contributed by atoms with van der Waals surface area (Å²) in [6, 6.07) is 2.13. The Kier molecular flexibility index (Phi) is 3.66. The van der Waals surface area contributed by atoms with Crippen molar-refractivity contribution in [1.82, 2.24) is 15.2 Å². The van der Waals surface area contributed by atoms with Crippen molar-refractivity contribution < 1.29 is 4.79 Å². The number of halogens is 1. The van der Waals surface area contributed by atoms with Crippen LogP contribution < -0.4 is 10.6 Å². The predicted octanol–water partition coefficient (Wildman–Crippen LogP) is 1.36. The highest BCUT2D eigenvalue weighted by molar-refractivity contribution is 9.10. The van der Waals surface area contributed by atoms with Crippen LogP contribution in [0.1, 0.15) is 23.8 Å². The molecular formula is C11H16BrN3O. The van der Waals surface area contributed by atoms with Crippen molar-refractivity contribution in [1.29, 1.82) is 0 Å². The summed E-state index contributed by atoms with van der Waals surface area (Å²) in [5, 5.41) is 6.27. The van der Waals surface area contributed by atoms with Gasteiger partial charge in [0.05, 0.1) is 0 Å². The zero-order valence-corrected chi connectivity index (χ0v) is 10.9. The number of hydrogen-bond donors (Lipinski definition) is 2. The van der Waals surface area contributed by atoms with Gasteiger partial charge < -0.3 is 15.2 Å². The normalized spacial score (nSPS) is 20.0. The van der Waals surface area contributed by atoms with E-state index in [1.807, 2.05) is 23.8 Å². The van der Waals surface area contributed by atoms with Crippen molar-refractivity contribution in [2.75, 3.05) is 13.1 Å². The van der Waals surface area contributed by atoms with E-state index in [4.69, 9.17) is 0 Å². The van der Waals surface area contributed by atoms with Gasteiger partial charge in [-0.1, -0.05) is 0 Å². The lowest BCUT2D eigenvalue weighted by Crippen LogP contribution is -2.37. The molecule has 1 aliphatic heterocycles. The first kappa shape index (κ1) is 11.7. The first-order valence-corrected chi connectivity index (χ1v) is 6.37. The molecule has 1 atom stereocenters. The van der Waals surface area contributed by atoms with Crippen LogP contribution in [0, 0.1) is 0 Å². The molecule has 2 heterocycles. The predicted molar refractivity (Wildman–Crippen MR) is 66.5 cm³/mol. The molecule has 0 spiro atoms. The van der Waals surface area contributed by atoms with E-state index in [1.165, 1.54) is 0 Å². The number of nitrogens with one attached hydrogen (secondary N) is 2. The molecule has 1 saturated heterocycles. The Bertz CT molecular complexity index is 383. The lowest BCUT2D eigenvalue weighted by Gasteiger charge is -2.12. The molecule has 2 N–H and O–H groups in total. The van der Waals surface area contributed by atoms with Crippen molar-refractivity contribution in [3.63, 3.8) is 0 Å². The van der Waals surface area contributed by atoms with Crippen molar-refractivity contribution >= 4 is 21.8 Å². The lowest BCUT2D eigenvalue weighted by molar-refractivity contribution is 0.0931. The summed E-state index contributed by atoms with van der Waals surface area (Å²) in [5.74, 6) is 0.0150. The van der Waals surface area contributed by atoms with Crippen LogP contribution in [-0.2, 0) is 6.54 Å². The second-order valence-corrected chi connectivity index (χ2v) is 4.91. The quantitative estimate of drug-likeness (QED) is 0.881. The highest BCUT2D eigenvalue weighted by Crippen LogP contribution is 2.15. The Labute approximate surface area is 104 Å². The van der Waals surface area contributed by atoms with Crippen LogP contribution in [-0.4, -0.2) is 29.6 Å². The first-order chi connectivity index (χ1) is 7.70. The van der Waals surface area contributed by atoms with Gasteiger partial charge in [-0.15, -0.1) is 0 Å². The second-order valence-electron chi connectivity index (χ2n) is 3.99. The van der Waals surface area contributed by atoms with Crippen molar-refractivity contribution in [2.45, 2.75) is 25.9 Å². The summed E-state index contributed by atoms with van der Waals surface area (Å²) in [6.45, 7) is 4.70. The molecule has 1 amide bonds. The highest BCUT2D eigenvalue weighted by atomic mass is 79.9. The van der Waals surface area contributed by atoms with Crippen LogP contribution in [0.25, 0.3) is 0 Å². The highest BCUT2D eigenvalue weighted by Gasteiger charge is 2.19. The fourth-order valence-electron chi connectivity index (χ4n) is 1.96. The molecule has 0 bridgehead atoms. The SMILES string of the molecule is CCn1cc(Br)cc1C(=O)NC1CCNC1. The van der Waals surface area contributed by atoms with E-state index in [0.717, 1.165) is 36.2 Å². The first-order valence-electron chi connectivity index (χ1n) is 5.58. The van der Waals surface area contributed by atoms with E-state index in [9.17, 15) is 4.79 Å². The minimum absolute atomic E-state index is 0.0150. The average Bonchev–Trinajstić information content (AvgIpc) is 2.86. The van der Waals surface area contributed by atoms with Crippen LogP contribution >= 0.6 is 15.9 Å². The largest absolute Gasteiger partial charge is 0.347 e. The van der Waals surface area contributed by atoms with E-state index in [0.29, 0.717) is 0 Å². The summed E-state index contributed by atoms with van der Waals surface area (Å²) in [6.07, 6.45) is 2.95. The molecule has 1 aromatic rings. The summed E-state index contributed by atoms with van der Waals surface area (Å²) in [7, 11) is 0. The molecule has 0 saturated carbocycles. The molecular weight excluding hydrogens is 270 g/mol. The maximum Gasteiger partial charge on any atom is 0.268 e. The number of aromatic nitrogens is 1.